The van der Waals surface area contributed by atoms with E-state index in [4.69, 9.17) is 20.8 Å². The number of ether oxygens (including phenoxy) is 1. The third-order valence-corrected chi connectivity index (χ3v) is 3.77. The highest BCUT2D eigenvalue weighted by Crippen LogP contribution is 2.21. The van der Waals surface area contributed by atoms with E-state index in [1.54, 1.807) is 44.4 Å². The Kier molecular flexibility index (Phi) is 5.72. The SMILES string of the molecule is CC(CCc1ccco1)NC(=O)C(C)(C)Oc1ccc(Cl)cc1. The zero-order valence-electron chi connectivity index (χ0n) is 13.6. The van der Waals surface area contributed by atoms with Gasteiger partial charge in [-0.05, 0) is 63.6 Å². The second-order valence-corrected chi connectivity index (χ2v) is 6.50. The van der Waals surface area contributed by atoms with Gasteiger partial charge in [0.1, 0.15) is 11.5 Å². The molecule has 0 aliphatic heterocycles. The van der Waals surface area contributed by atoms with Gasteiger partial charge in [0, 0.05) is 17.5 Å². The predicted octanol–water partition coefficient (Wildman–Crippen LogP) is 4.23. The van der Waals surface area contributed by atoms with Crippen LogP contribution in [0.3, 0.4) is 0 Å². The van der Waals surface area contributed by atoms with Crippen molar-refractivity contribution in [3.05, 3.63) is 53.4 Å². The number of rotatable bonds is 7. The predicted molar refractivity (Wildman–Crippen MR) is 90.8 cm³/mol. The highest BCUT2D eigenvalue weighted by Gasteiger charge is 2.30. The summed E-state index contributed by atoms with van der Waals surface area (Å²) in [6, 6.07) is 10.8. The molecule has 0 bridgehead atoms. The molecular weight excluding hydrogens is 314 g/mol. The fourth-order valence-corrected chi connectivity index (χ4v) is 2.25. The fourth-order valence-electron chi connectivity index (χ4n) is 2.13. The Morgan fingerprint density at radius 1 is 1.30 bits per heavy atom. The number of carbonyl (C=O) groups excluding carboxylic acids is 1. The van der Waals surface area contributed by atoms with Crippen LogP contribution in [0, 0.1) is 0 Å². The lowest BCUT2D eigenvalue weighted by atomic mass is 10.1. The quantitative estimate of drug-likeness (QED) is 0.823. The minimum absolute atomic E-state index is 0.0284. The van der Waals surface area contributed by atoms with E-state index in [9.17, 15) is 4.79 Å². The van der Waals surface area contributed by atoms with Crippen molar-refractivity contribution in [1.29, 1.82) is 0 Å². The number of hydrogen-bond donors (Lipinski definition) is 1. The van der Waals surface area contributed by atoms with Crippen molar-refractivity contribution in [2.75, 3.05) is 0 Å². The monoisotopic (exact) mass is 335 g/mol. The molecule has 0 fully saturated rings. The maximum absolute atomic E-state index is 12.4. The molecule has 1 aromatic carbocycles. The Hall–Kier alpha value is -1.94. The maximum Gasteiger partial charge on any atom is 0.263 e. The molecule has 1 N–H and O–H groups in total. The average molecular weight is 336 g/mol. The van der Waals surface area contributed by atoms with Gasteiger partial charge in [-0.1, -0.05) is 11.6 Å². The summed E-state index contributed by atoms with van der Waals surface area (Å²) in [7, 11) is 0. The third-order valence-electron chi connectivity index (χ3n) is 3.51. The largest absolute Gasteiger partial charge is 0.478 e. The highest BCUT2D eigenvalue weighted by molar-refractivity contribution is 6.30. The summed E-state index contributed by atoms with van der Waals surface area (Å²) in [5, 5.41) is 3.61. The Labute approximate surface area is 141 Å². The van der Waals surface area contributed by atoms with Crippen LogP contribution in [-0.2, 0) is 11.2 Å². The van der Waals surface area contributed by atoms with Crippen LogP contribution in [0.2, 0.25) is 5.02 Å². The lowest BCUT2D eigenvalue weighted by Crippen LogP contribution is -2.49. The van der Waals surface area contributed by atoms with E-state index < -0.39 is 5.60 Å². The van der Waals surface area contributed by atoms with Crippen molar-refractivity contribution < 1.29 is 13.9 Å². The standard InChI is InChI=1S/C18H22ClNO3/c1-13(6-9-15-5-4-12-22-15)20-17(21)18(2,3)23-16-10-7-14(19)8-11-16/h4-5,7-8,10-13H,6,9H2,1-3H3,(H,20,21). The molecule has 0 aliphatic rings. The lowest BCUT2D eigenvalue weighted by molar-refractivity contribution is -0.134. The molecule has 0 radical (unpaired) electrons. The van der Waals surface area contributed by atoms with Crippen molar-refractivity contribution in [1.82, 2.24) is 5.32 Å². The highest BCUT2D eigenvalue weighted by atomic mass is 35.5. The van der Waals surface area contributed by atoms with Crippen molar-refractivity contribution in [2.24, 2.45) is 0 Å². The van der Waals surface area contributed by atoms with E-state index in [2.05, 4.69) is 5.32 Å². The molecule has 0 spiro atoms. The van der Waals surface area contributed by atoms with Gasteiger partial charge in [-0.25, -0.2) is 0 Å². The molecule has 2 aromatic rings. The first kappa shape index (κ1) is 17.4. The van der Waals surface area contributed by atoms with Crippen LogP contribution in [0.4, 0.5) is 0 Å². The molecule has 0 aliphatic carbocycles. The van der Waals surface area contributed by atoms with Gasteiger partial charge in [0.15, 0.2) is 5.60 Å². The number of carbonyl (C=O) groups is 1. The minimum Gasteiger partial charge on any atom is -0.478 e. The number of aryl methyl sites for hydroxylation is 1. The van der Waals surface area contributed by atoms with Gasteiger partial charge in [-0.15, -0.1) is 0 Å². The summed E-state index contributed by atoms with van der Waals surface area (Å²) in [4.78, 5) is 12.4. The molecule has 1 aromatic heterocycles. The van der Waals surface area contributed by atoms with Crippen molar-refractivity contribution in [3.63, 3.8) is 0 Å². The van der Waals surface area contributed by atoms with E-state index >= 15 is 0 Å². The number of benzene rings is 1. The molecule has 2 rings (SSSR count). The third kappa shape index (κ3) is 5.32. The molecule has 23 heavy (non-hydrogen) atoms. The second-order valence-electron chi connectivity index (χ2n) is 6.06. The first-order valence-electron chi connectivity index (χ1n) is 7.65. The van der Waals surface area contributed by atoms with Crippen LogP contribution in [0.25, 0.3) is 0 Å². The minimum atomic E-state index is -0.966. The molecule has 1 atom stereocenters. The summed E-state index contributed by atoms with van der Waals surface area (Å²) >= 11 is 5.85. The van der Waals surface area contributed by atoms with E-state index in [0.29, 0.717) is 10.8 Å². The van der Waals surface area contributed by atoms with Crippen molar-refractivity contribution in [2.45, 2.75) is 45.3 Å². The van der Waals surface area contributed by atoms with Crippen LogP contribution in [0.1, 0.15) is 33.0 Å². The first-order chi connectivity index (χ1) is 10.9. The Morgan fingerprint density at radius 2 is 2.00 bits per heavy atom. The van der Waals surface area contributed by atoms with Crippen molar-refractivity contribution in [3.8, 4) is 5.75 Å². The zero-order chi connectivity index (χ0) is 16.9. The molecule has 5 heteroatoms. The smallest absolute Gasteiger partial charge is 0.263 e. The Bertz CT molecular complexity index is 620. The van der Waals surface area contributed by atoms with Gasteiger partial charge >= 0.3 is 0 Å². The lowest BCUT2D eigenvalue weighted by Gasteiger charge is -2.27. The van der Waals surface area contributed by atoms with Crippen LogP contribution < -0.4 is 10.1 Å². The van der Waals surface area contributed by atoms with Crippen molar-refractivity contribution >= 4 is 17.5 Å². The van der Waals surface area contributed by atoms with Crippen LogP contribution in [0.15, 0.2) is 47.1 Å². The first-order valence-corrected chi connectivity index (χ1v) is 8.02. The fraction of sp³-hybridized carbons (Fsp3) is 0.389. The molecule has 0 saturated carbocycles. The molecule has 1 amide bonds. The number of halogens is 1. The Balaban J connectivity index is 1.85. The van der Waals surface area contributed by atoms with E-state index in [-0.39, 0.29) is 11.9 Å². The van der Waals surface area contributed by atoms with Gasteiger partial charge in [0.2, 0.25) is 0 Å². The maximum atomic E-state index is 12.4. The summed E-state index contributed by atoms with van der Waals surface area (Å²) in [6.07, 6.45) is 3.24. The molecule has 0 saturated heterocycles. The zero-order valence-corrected chi connectivity index (χ0v) is 14.4. The summed E-state index contributed by atoms with van der Waals surface area (Å²) < 4.78 is 11.1. The van der Waals surface area contributed by atoms with Gasteiger partial charge in [0.25, 0.3) is 5.91 Å². The van der Waals surface area contributed by atoms with Crippen LogP contribution in [-0.4, -0.2) is 17.6 Å². The number of amides is 1. The molecule has 1 unspecified atom stereocenters. The number of hydrogen-bond acceptors (Lipinski definition) is 3. The average Bonchev–Trinajstić information content (AvgIpc) is 3.00. The van der Waals surface area contributed by atoms with Gasteiger partial charge in [0.05, 0.1) is 6.26 Å². The van der Waals surface area contributed by atoms with E-state index in [1.807, 2.05) is 19.1 Å². The van der Waals surface area contributed by atoms with Crippen LogP contribution in [0.5, 0.6) is 5.75 Å². The molecule has 124 valence electrons. The van der Waals surface area contributed by atoms with Gasteiger partial charge < -0.3 is 14.5 Å². The van der Waals surface area contributed by atoms with E-state index in [1.165, 1.54) is 0 Å². The summed E-state index contributed by atoms with van der Waals surface area (Å²) in [5.41, 5.74) is -0.966. The molecule has 4 nitrogen and oxygen atoms in total. The second kappa shape index (κ2) is 7.55. The molecular formula is C18H22ClNO3. The molecule has 1 heterocycles. The van der Waals surface area contributed by atoms with Gasteiger partial charge in [-0.3, -0.25) is 4.79 Å². The van der Waals surface area contributed by atoms with Gasteiger partial charge in [-0.2, -0.15) is 0 Å². The number of furan rings is 1. The van der Waals surface area contributed by atoms with E-state index in [0.717, 1.165) is 18.6 Å². The summed E-state index contributed by atoms with van der Waals surface area (Å²) in [6.45, 7) is 5.46. The van der Waals surface area contributed by atoms with Crippen LogP contribution >= 0.6 is 11.6 Å². The number of nitrogens with one attached hydrogen (secondary N) is 1. The topological polar surface area (TPSA) is 51.5 Å². The Morgan fingerprint density at radius 3 is 2.61 bits per heavy atom. The summed E-state index contributed by atoms with van der Waals surface area (Å²) in [5.74, 6) is 1.37. The normalized spacial score (nSPS) is 12.7.